The van der Waals surface area contributed by atoms with Crippen LogP contribution in [0.4, 0.5) is 0 Å². The Morgan fingerprint density at radius 1 is 1.62 bits per heavy atom. The number of carboxylic acid groups (broad SMARTS) is 1. The Bertz CT molecular complexity index is 224. The second-order valence-corrected chi connectivity index (χ2v) is 3.79. The van der Waals surface area contributed by atoms with Gasteiger partial charge < -0.3 is 5.11 Å². The predicted molar refractivity (Wildman–Crippen MR) is 56.7 cm³/mol. The third-order valence-corrected chi connectivity index (χ3v) is 2.35. The van der Waals surface area contributed by atoms with Crippen LogP contribution in [0.15, 0.2) is 23.0 Å². The van der Waals surface area contributed by atoms with E-state index in [4.69, 9.17) is 5.11 Å². The van der Waals surface area contributed by atoms with E-state index in [9.17, 15) is 4.79 Å². The fourth-order valence-electron chi connectivity index (χ4n) is 0.866. The summed E-state index contributed by atoms with van der Waals surface area (Å²) in [4.78, 5) is 13.1. The molecule has 0 amide bonds. The first-order chi connectivity index (χ1) is 6.00. The third kappa shape index (κ3) is 4.15. The fourth-order valence-corrected chi connectivity index (χ4v) is 1.62. The van der Waals surface area contributed by atoms with Gasteiger partial charge in [0, 0.05) is 4.91 Å². The molecular weight excluding hydrogens is 186 g/mol. The molecule has 0 fully saturated rings. The molecule has 0 bridgehead atoms. The van der Waals surface area contributed by atoms with Crippen LogP contribution in [-0.4, -0.2) is 36.1 Å². The van der Waals surface area contributed by atoms with Crippen molar-refractivity contribution in [2.24, 2.45) is 0 Å². The number of nitrogens with zero attached hydrogens (tertiary/aromatic N) is 1. The van der Waals surface area contributed by atoms with Crippen LogP contribution < -0.4 is 0 Å². The molecule has 1 atom stereocenters. The molecule has 0 heterocycles. The van der Waals surface area contributed by atoms with Crippen molar-refractivity contribution in [1.29, 1.82) is 0 Å². The maximum absolute atomic E-state index is 10.8. The summed E-state index contributed by atoms with van der Waals surface area (Å²) in [5.74, 6) is -0.869. The van der Waals surface area contributed by atoms with Crippen molar-refractivity contribution in [3.05, 3.63) is 23.0 Å². The molecule has 0 saturated heterocycles. The van der Waals surface area contributed by atoms with Gasteiger partial charge in [0.15, 0.2) is 0 Å². The molecule has 3 nitrogen and oxygen atoms in total. The molecule has 0 rings (SSSR count). The quantitative estimate of drug-likeness (QED) is 0.736. The Labute approximate surface area is 83.1 Å². The summed E-state index contributed by atoms with van der Waals surface area (Å²) < 4.78 is 0. The van der Waals surface area contributed by atoms with Gasteiger partial charge in [-0.25, -0.2) is 0 Å². The van der Waals surface area contributed by atoms with Gasteiger partial charge in [-0.1, -0.05) is 12.7 Å². The van der Waals surface area contributed by atoms with Crippen LogP contribution in [0.25, 0.3) is 0 Å². The highest BCUT2D eigenvalue weighted by atomic mass is 32.2. The Kier molecular flexibility index (Phi) is 5.50. The molecule has 0 aromatic carbocycles. The van der Waals surface area contributed by atoms with E-state index in [0.29, 0.717) is 4.91 Å². The molecule has 0 saturated carbocycles. The monoisotopic (exact) mass is 201 g/mol. The van der Waals surface area contributed by atoms with Gasteiger partial charge in [0.2, 0.25) is 0 Å². The van der Waals surface area contributed by atoms with Crippen molar-refractivity contribution < 1.29 is 9.90 Å². The van der Waals surface area contributed by atoms with Gasteiger partial charge in [-0.2, -0.15) is 0 Å². The maximum atomic E-state index is 10.8. The average Bonchev–Trinajstić information content (AvgIpc) is 1.99. The fraction of sp³-hybridized carbons (Fsp3) is 0.444. The van der Waals surface area contributed by atoms with Gasteiger partial charge in [0.05, 0.1) is 0 Å². The standard InChI is InChI=1S/C9H15NO2S/c1-5-6-13-7(2)8(9(11)12)10(3)4/h5-6,8H,2H2,1,3-4H3,(H,11,12). The number of thioether (sulfide) groups is 1. The average molecular weight is 201 g/mol. The molecule has 0 aromatic heterocycles. The molecule has 74 valence electrons. The second-order valence-electron chi connectivity index (χ2n) is 2.76. The second kappa shape index (κ2) is 5.83. The van der Waals surface area contributed by atoms with Crippen LogP contribution in [-0.2, 0) is 4.79 Å². The minimum absolute atomic E-state index is 0.621. The van der Waals surface area contributed by atoms with Crippen LogP contribution in [0.3, 0.4) is 0 Å². The van der Waals surface area contributed by atoms with Crippen molar-refractivity contribution in [3.8, 4) is 0 Å². The summed E-state index contributed by atoms with van der Waals surface area (Å²) in [5.41, 5.74) is 0. The first-order valence-electron chi connectivity index (χ1n) is 3.86. The number of hydrogen-bond acceptors (Lipinski definition) is 3. The SMILES string of the molecule is C=C(SC=CC)C(C(=O)O)N(C)C. The van der Waals surface area contributed by atoms with E-state index in [2.05, 4.69) is 6.58 Å². The van der Waals surface area contributed by atoms with Crippen molar-refractivity contribution in [2.45, 2.75) is 13.0 Å². The topological polar surface area (TPSA) is 40.5 Å². The zero-order valence-electron chi connectivity index (χ0n) is 8.15. The number of allylic oxidation sites excluding steroid dienone is 1. The highest BCUT2D eigenvalue weighted by Crippen LogP contribution is 2.21. The van der Waals surface area contributed by atoms with Crippen LogP contribution in [0.2, 0.25) is 0 Å². The summed E-state index contributed by atoms with van der Waals surface area (Å²) in [6.07, 6.45) is 1.85. The van der Waals surface area contributed by atoms with E-state index in [1.807, 2.05) is 18.4 Å². The van der Waals surface area contributed by atoms with E-state index in [0.717, 1.165) is 0 Å². The molecular formula is C9H15NO2S. The molecule has 0 aliphatic rings. The Hall–Kier alpha value is -0.740. The van der Waals surface area contributed by atoms with E-state index in [1.54, 1.807) is 19.0 Å². The molecule has 4 heteroatoms. The lowest BCUT2D eigenvalue weighted by molar-refractivity contribution is -0.140. The van der Waals surface area contributed by atoms with Crippen LogP contribution in [0.5, 0.6) is 0 Å². The van der Waals surface area contributed by atoms with E-state index in [1.165, 1.54) is 11.8 Å². The Morgan fingerprint density at radius 2 is 2.15 bits per heavy atom. The molecule has 13 heavy (non-hydrogen) atoms. The van der Waals surface area contributed by atoms with Crippen molar-refractivity contribution >= 4 is 17.7 Å². The summed E-state index contributed by atoms with van der Waals surface area (Å²) in [6, 6.07) is -0.624. The number of rotatable bonds is 5. The number of carbonyl (C=O) groups is 1. The predicted octanol–water partition coefficient (Wildman–Crippen LogP) is 1.78. The molecule has 0 aromatic rings. The largest absolute Gasteiger partial charge is 0.480 e. The number of hydrogen-bond donors (Lipinski definition) is 1. The Morgan fingerprint density at radius 3 is 2.46 bits per heavy atom. The molecule has 1 unspecified atom stereocenters. The zero-order valence-corrected chi connectivity index (χ0v) is 8.97. The van der Waals surface area contributed by atoms with Gasteiger partial charge >= 0.3 is 5.97 Å². The first-order valence-corrected chi connectivity index (χ1v) is 4.74. The molecule has 0 aliphatic heterocycles. The molecule has 1 N–H and O–H groups in total. The van der Waals surface area contributed by atoms with E-state index < -0.39 is 12.0 Å². The number of aliphatic carboxylic acids is 1. The summed E-state index contributed by atoms with van der Waals surface area (Å²) >= 11 is 1.34. The summed E-state index contributed by atoms with van der Waals surface area (Å²) in [5, 5.41) is 10.7. The first kappa shape index (κ1) is 12.3. The van der Waals surface area contributed by atoms with Gasteiger partial charge in [-0.05, 0) is 26.4 Å². The lowest BCUT2D eigenvalue weighted by Crippen LogP contribution is -2.36. The van der Waals surface area contributed by atoms with Crippen molar-refractivity contribution in [1.82, 2.24) is 4.90 Å². The molecule has 0 aliphatic carbocycles. The molecule has 0 radical (unpaired) electrons. The highest BCUT2D eigenvalue weighted by Gasteiger charge is 2.22. The minimum Gasteiger partial charge on any atom is -0.480 e. The van der Waals surface area contributed by atoms with Crippen molar-refractivity contribution in [3.63, 3.8) is 0 Å². The summed E-state index contributed by atoms with van der Waals surface area (Å²) in [7, 11) is 3.44. The van der Waals surface area contributed by atoms with Crippen molar-refractivity contribution in [2.75, 3.05) is 14.1 Å². The van der Waals surface area contributed by atoms with E-state index >= 15 is 0 Å². The summed E-state index contributed by atoms with van der Waals surface area (Å²) in [6.45, 7) is 5.60. The smallest absolute Gasteiger partial charge is 0.326 e. The number of likely N-dealkylation sites (N-methyl/N-ethyl adjacent to an activating group) is 1. The lowest BCUT2D eigenvalue weighted by atomic mass is 10.3. The normalized spacial score (nSPS) is 13.5. The van der Waals surface area contributed by atoms with Gasteiger partial charge in [-0.3, -0.25) is 9.69 Å². The third-order valence-electron chi connectivity index (χ3n) is 1.41. The maximum Gasteiger partial charge on any atom is 0.326 e. The van der Waals surface area contributed by atoms with Crippen LogP contribution in [0, 0.1) is 0 Å². The minimum atomic E-state index is -0.869. The Balaban J connectivity index is 4.38. The zero-order chi connectivity index (χ0) is 10.4. The van der Waals surface area contributed by atoms with Crippen LogP contribution >= 0.6 is 11.8 Å². The van der Waals surface area contributed by atoms with Gasteiger partial charge in [0.1, 0.15) is 6.04 Å². The number of carboxylic acids is 1. The molecule has 0 spiro atoms. The van der Waals surface area contributed by atoms with E-state index in [-0.39, 0.29) is 0 Å². The lowest BCUT2D eigenvalue weighted by Gasteiger charge is -2.20. The highest BCUT2D eigenvalue weighted by molar-refractivity contribution is 8.05. The van der Waals surface area contributed by atoms with Gasteiger partial charge in [-0.15, -0.1) is 11.8 Å². The van der Waals surface area contributed by atoms with Gasteiger partial charge in [0.25, 0.3) is 0 Å². The van der Waals surface area contributed by atoms with Crippen LogP contribution in [0.1, 0.15) is 6.92 Å².